The zero-order valence-electron chi connectivity index (χ0n) is 13.5. The lowest BCUT2D eigenvalue weighted by atomic mass is 10.2. The van der Waals surface area contributed by atoms with Crippen LogP contribution >= 0.6 is 11.3 Å². The standard InChI is InChI=1S/C15H26N4OS/c1-11(15-12(2)21-13(3)17-15)16-14(20)5-6-19-9-7-18(4)8-10-19/h11H,5-10H2,1-4H3,(H,16,20)/t11-/m0/s1. The smallest absolute Gasteiger partial charge is 0.221 e. The summed E-state index contributed by atoms with van der Waals surface area (Å²) >= 11 is 1.69. The number of aromatic nitrogens is 1. The lowest BCUT2D eigenvalue weighted by Gasteiger charge is -2.32. The van der Waals surface area contributed by atoms with Crippen LogP contribution in [0.15, 0.2) is 0 Å². The summed E-state index contributed by atoms with van der Waals surface area (Å²) in [4.78, 5) is 22.5. The molecule has 1 aliphatic rings. The van der Waals surface area contributed by atoms with Gasteiger partial charge in [0, 0.05) is 44.0 Å². The highest BCUT2D eigenvalue weighted by Gasteiger charge is 2.17. The van der Waals surface area contributed by atoms with Crippen LogP contribution in [0, 0.1) is 13.8 Å². The minimum absolute atomic E-state index is 0.00469. The van der Waals surface area contributed by atoms with E-state index >= 15 is 0 Å². The summed E-state index contributed by atoms with van der Waals surface area (Å²) in [6.07, 6.45) is 0.566. The number of carbonyl (C=O) groups excluding carboxylic acids is 1. The Kier molecular flexibility index (Phi) is 5.72. The van der Waals surface area contributed by atoms with Gasteiger partial charge in [-0.15, -0.1) is 11.3 Å². The molecule has 1 aromatic rings. The molecule has 1 N–H and O–H groups in total. The Bertz CT molecular complexity index is 480. The van der Waals surface area contributed by atoms with Crippen LogP contribution in [0.5, 0.6) is 0 Å². The summed E-state index contributed by atoms with van der Waals surface area (Å²) in [5, 5.41) is 4.12. The number of likely N-dealkylation sites (N-methyl/N-ethyl adjacent to an activating group) is 1. The van der Waals surface area contributed by atoms with Crippen LogP contribution in [-0.4, -0.2) is 60.5 Å². The van der Waals surface area contributed by atoms with Gasteiger partial charge in [-0.3, -0.25) is 4.79 Å². The molecule has 2 heterocycles. The number of hydrogen-bond donors (Lipinski definition) is 1. The van der Waals surface area contributed by atoms with E-state index in [9.17, 15) is 4.79 Å². The van der Waals surface area contributed by atoms with E-state index in [4.69, 9.17) is 0 Å². The molecule has 0 bridgehead atoms. The van der Waals surface area contributed by atoms with Crippen LogP contribution in [0.3, 0.4) is 0 Å². The number of amides is 1. The van der Waals surface area contributed by atoms with E-state index < -0.39 is 0 Å². The number of rotatable bonds is 5. The highest BCUT2D eigenvalue weighted by Crippen LogP contribution is 2.22. The Hall–Kier alpha value is -0.980. The van der Waals surface area contributed by atoms with Gasteiger partial charge in [0.05, 0.1) is 16.7 Å². The second-order valence-corrected chi connectivity index (χ2v) is 7.27. The molecule has 21 heavy (non-hydrogen) atoms. The molecule has 1 saturated heterocycles. The predicted molar refractivity (Wildman–Crippen MR) is 86.7 cm³/mol. The summed E-state index contributed by atoms with van der Waals surface area (Å²) in [5.41, 5.74) is 1.01. The van der Waals surface area contributed by atoms with Crippen molar-refractivity contribution in [2.75, 3.05) is 39.8 Å². The van der Waals surface area contributed by atoms with Crippen molar-refractivity contribution in [3.8, 4) is 0 Å². The van der Waals surface area contributed by atoms with Crippen LogP contribution in [0.1, 0.15) is 35.0 Å². The maximum atomic E-state index is 12.1. The fourth-order valence-corrected chi connectivity index (χ4v) is 3.57. The molecule has 1 aliphatic heterocycles. The average Bonchev–Trinajstić information content (AvgIpc) is 2.77. The zero-order valence-corrected chi connectivity index (χ0v) is 14.3. The fraction of sp³-hybridized carbons (Fsp3) is 0.733. The third-order valence-electron chi connectivity index (χ3n) is 3.98. The van der Waals surface area contributed by atoms with Crippen molar-refractivity contribution in [2.45, 2.75) is 33.2 Å². The molecule has 5 nitrogen and oxygen atoms in total. The first-order valence-electron chi connectivity index (χ1n) is 7.60. The van der Waals surface area contributed by atoms with E-state index in [1.165, 1.54) is 4.88 Å². The van der Waals surface area contributed by atoms with E-state index in [1.807, 2.05) is 13.8 Å². The van der Waals surface area contributed by atoms with Gasteiger partial charge in [0.1, 0.15) is 0 Å². The lowest BCUT2D eigenvalue weighted by molar-refractivity contribution is -0.122. The van der Waals surface area contributed by atoms with Crippen LogP contribution in [0.4, 0.5) is 0 Å². The number of thiazole rings is 1. The van der Waals surface area contributed by atoms with Crippen molar-refractivity contribution < 1.29 is 4.79 Å². The minimum atomic E-state index is -0.00469. The van der Waals surface area contributed by atoms with Gasteiger partial charge in [0.15, 0.2) is 0 Å². The zero-order chi connectivity index (χ0) is 15.4. The summed E-state index contributed by atoms with van der Waals surface area (Å²) in [5.74, 6) is 0.117. The average molecular weight is 310 g/mol. The lowest BCUT2D eigenvalue weighted by Crippen LogP contribution is -2.45. The summed E-state index contributed by atoms with van der Waals surface area (Å²) in [6, 6.07) is -0.00469. The Morgan fingerprint density at radius 3 is 2.57 bits per heavy atom. The number of nitrogens with one attached hydrogen (secondary N) is 1. The third-order valence-corrected chi connectivity index (χ3v) is 4.88. The molecule has 1 amide bonds. The molecule has 0 aromatic carbocycles. The molecule has 0 aliphatic carbocycles. The monoisotopic (exact) mass is 310 g/mol. The fourth-order valence-electron chi connectivity index (χ4n) is 2.66. The first-order chi connectivity index (χ1) is 9.95. The van der Waals surface area contributed by atoms with E-state index in [2.05, 4.69) is 34.1 Å². The van der Waals surface area contributed by atoms with Gasteiger partial charge >= 0.3 is 0 Å². The van der Waals surface area contributed by atoms with Crippen LogP contribution < -0.4 is 5.32 Å². The van der Waals surface area contributed by atoms with E-state index in [0.717, 1.165) is 43.4 Å². The van der Waals surface area contributed by atoms with Crippen molar-refractivity contribution in [3.05, 3.63) is 15.6 Å². The van der Waals surface area contributed by atoms with Crippen molar-refractivity contribution >= 4 is 17.2 Å². The molecule has 1 aromatic heterocycles. The third kappa shape index (κ3) is 4.76. The van der Waals surface area contributed by atoms with Crippen molar-refractivity contribution in [1.29, 1.82) is 0 Å². The van der Waals surface area contributed by atoms with E-state index in [0.29, 0.717) is 6.42 Å². The second kappa shape index (κ2) is 7.33. The molecule has 0 saturated carbocycles. The quantitative estimate of drug-likeness (QED) is 0.897. The minimum Gasteiger partial charge on any atom is -0.348 e. The molecule has 0 radical (unpaired) electrons. The molecular formula is C15H26N4OS. The first-order valence-corrected chi connectivity index (χ1v) is 8.41. The van der Waals surface area contributed by atoms with Crippen molar-refractivity contribution in [2.24, 2.45) is 0 Å². The SMILES string of the molecule is Cc1nc([C@H](C)NC(=O)CCN2CCN(C)CC2)c(C)s1. The van der Waals surface area contributed by atoms with Gasteiger partial charge in [-0.25, -0.2) is 4.98 Å². The molecule has 6 heteroatoms. The molecule has 2 rings (SSSR count). The normalized spacial score (nSPS) is 18.7. The molecule has 1 atom stereocenters. The molecule has 0 unspecified atom stereocenters. The molecular weight excluding hydrogens is 284 g/mol. The van der Waals surface area contributed by atoms with Gasteiger partial charge in [0.25, 0.3) is 0 Å². The van der Waals surface area contributed by atoms with Crippen LogP contribution in [0.2, 0.25) is 0 Å². The first kappa shape index (κ1) is 16.4. The summed E-state index contributed by atoms with van der Waals surface area (Å²) < 4.78 is 0. The van der Waals surface area contributed by atoms with Crippen molar-refractivity contribution in [1.82, 2.24) is 20.1 Å². The molecule has 1 fully saturated rings. The summed E-state index contributed by atoms with van der Waals surface area (Å²) in [7, 11) is 2.14. The number of hydrogen-bond acceptors (Lipinski definition) is 5. The molecule has 0 spiro atoms. The predicted octanol–water partition coefficient (Wildman–Crippen LogP) is 1.57. The second-order valence-electron chi connectivity index (χ2n) is 5.86. The maximum Gasteiger partial charge on any atom is 0.221 e. The van der Waals surface area contributed by atoms with Gasteiger partial charge < -0.3 is 15.1 Å². The van der Waals surface area contributed by atoms with Gasteiger partial charge in [-0.1, -0.05) is 0 Å². The van der Waals surface area contributed by atoms with Gasteiger partial charge in [0.2, 0.25) is 5.91 Å². The molecule has 118 valence electrons. The highest BCUT2D eigenvalue weighted by atomic mass is 32.1. The summed E-state index contributed by atoms with van der Waals surface area (Å²) in [6.45, 7) is 11.2. The largest absolute Gasteiger partial charge is 0.348 e. The Balaban J connectivity index is 1.75. The Morgan fingerprint density at radius 1 is 1.33 bits per heavy atom. The number of nitrogens with zero attached hydrogens (tertiary/aromatic N) is 3. The Labute approximate surface area is 131 Å². The topological polar surface area (TPSA) is 48.5 Å². The van der Waals surface area contributed by atoms with Gasteiger partial charge in [-0.2, -0.15) is 0 Å². The van der Waals surface area contributed by atoms with Crippen LogP contribution in [0.25, 0.3) is 0 Å². The maximum absolute atomic E-state index is 12.1. The number of piperazine rings is 1. The van der Waals surface area contributed by atoms with E-state index in [1.54, 1.807) is 11.3 Å². The Morgan fingerprint density at radius 2 is 2.00 bits per heavy atom. The number of carbonyl (C=O) groups is 1. The van der Waals surface area contributed by atoms with Crippen molar-refractivity contribution in [3.63, 3.8) is 0 Å². The van der Waals surface area contributed by atoms with Gasteiger partial charge in [-0.05, 0) is 27.8 Å². The number of aryl methyl sites for hydroxylation is 2. The van der Waals surface area contributed by atoms with Crippen LogP contribution in [-0.2, 0) is 4.79 Å². The highest BCUT2D eigenvalue weighted by molar-refractivity contribution is 7.11. The van der Waals surface area contributed by atoms with E-state index in [-0.39, 0.29) is 11.9 Å².